The highest BCUT2D eigenvalue weighted by atomic mass is 16.6. The second-order valence-corrected chi connectivity index (χ2v) is 17.2. The molecule has 0 fully saturated rings. The van der Waals surface area contributed by atoms with Gasteiger partial charge in [0, 0.05) is 12.8 Å². The van der Waals surface area contributed by atoms with Gasteiger partial charge in [-0.3, -0.25) is 9.59 Å². The number of esters is 2. The van der Waals surface area contributed by atoms with Gasteiger partial charge >= 0.3 is 11.9 Å². The predicted molar refractivity (Wildman–Crippen MR) is 288 cm³/mol. The summed E-state index contributed by atoms with van der Waals surface area (Å²) in [5.74, 6) is -0.618. The van der Waals surface area contributed by atoms with Crippen LogP contribution in [0.2, 0.25) is 0 Å². The number of allylic oxidation sites excluding steroid dienone is 22. The Hall–Kier alpha value is -3.96. The summed E-state index contributed by atoms with van der Waals surface area (Å²) in [6.07, 6.45) is 82.7. The van der Waals surface area contributed by atoms with Gasteiger partial charge in [-0.25, -0.2) is 0 Å². The smallest absolute Gasteiger partial charge is 0.306 e. The van der Waals surface area contributed by atoms with Gasteiger partial charge in [-0.2, -0.15) is 0 Å². The van der Waals surface area contributed by atoms with Gasteiger partial charge in [0.25, 0.3) is 0 Å². The Labute approximate surface area is 406 Å². The first-order valence-corrected chi connectivity index (χ1v) is 26.7. The van der Waals surface area contributed by atoms with Gasteiger partial charge < -0.3 is 14.6 Å². The maximum atomic E-state index is 12.3. The number of carbonyl (C=O) groups is 2. The molecule has 0 aliphatic heterocycles. The van der Waals surface area contributed by atoms with Crippen molar-refractivity contribution >= 4 is 11.9 Å². The molecule has 0 radical (unpaired) electrons. The number of aliphatic hydroxyl groups excluding tert-OH is 1. The first kappa shape index (κ1) is 62.0. The molecule has 1 unspecified atom stereocenters. The van der Waals surface area contributed by atoms with E-state index in [-0.39, 0.29) is 25.2 Å². The minimum absolute atomic E-state index is 0.0789. The molecule has 1 atom stereocenters. The first-order chi connectivity index (χ1) is 32.6. The van der Waals surface area contributed by atoms with E-state index >= 15 is 0 Å². The van der Waals surface area contributed by atoms with Crippen molar-refractivity contribution in [2.45, 2.75) is 225 Å². The lowest BCUT2D eigenvalue weighted by molar-refractivity contribution is -0.161. The summed E-state index contributed by atoms with van der Waals surface area (Å²) in [5.41, 5.74) is 0. The minimum atomic E-state index is -0.789. The molecule has 0 saturated carbocycles. The summed E-state index contributed by atoms with van der Waals surface area (Å²) in [4.78, 5) is 24.4. The Balaban J connectivity index is 3.66. The van der Waals surface area contributed by atoms with Crippen LogP contribution in [0.4, 0.5) is 0 Å². The molecule has 0 saturated heterocycles. The van der Waals surface area contributed by atoms with Crippen LogP contribution in [0.25, 0.3) is 0 Å². The molecule has 0 aromatic carbocycles. The van der Waals surface area contributed by atoms with Crippen LogP contribution >= 0.6 is 0 Å². The number of aliphatic hydroxyl groups is 1. The number of hydrogen-bond acceptors (Lipinski definition) is 5. The van der Waals surface area contributed by atoms with E-state index < -0.39 is 6.10 Å². The topological polar surface area (TPSA) is 72.8 Å². The second kappa shape index (κ2) is 55.4. The number of unbranched alkanes of at least 4 members (excludes halogenated alkanes) is 17. The molecule has 0 heterocycles. The van der Waals surface area contributed by atoms with Gasteiger partial charge in [0.05, 0.1) is 6.61 Å². The van der Waals surface area contributed by atoms with E-state index in [0.717, 1.165) is 128 Å². The number of hydrogen-bond donors (Lipinski definition) is 1. The molecule has 0 aromatic heterocycles. The maximum absolute atomic E-state index is 12.3. The van der Waals surface area contributed by atoms with Crippen molar-refractivity contribution in [2.75, 3.05) is 13.2 Å². The van der Waals surface area contributed by atoms with Crippen LogP contribution in [0, 0.1) is 0 Å². The van der Waals surface area contributed by atoms with Crippen molar-refractivity contribution in [3.05, 3.63) is 134 Å². The van der Waals surface area contributed by atoms with Crippen molar-refractivity contribution in [1.82, 2.24) is 0 Å². The zero-order chi connectivity index (χ0) is 47.7. The molecule has 5 nitrogen and oxygen atoms in total. The second-order valence-electron chi connectivity index (χ2n) is 17.2. The average Bonchev–Trinajstić information content (AvgIpc) is 3.32. The van der Waals surface area contributed by atoms with Gasteiger partial charge in [0.1, 0.15) is 6.61 Å². The van der Waals surface area contributed by atoms with Crippen LogP contribution in [-0.2, 0) is 19.1 Å². The van der Waals surface area contributed by atoms with E-state index in [0.29, 0.717) is 12.8 Å². The van der Waals surface area contributed by atoms with Crippen molar-refractivity contribution in [3.8, 4) is 0 Å². The molecule has 0 spiro atoms. The number of rotatable bonds is 47. The van der Waals surface area contributed by atoms with E-state index in [9.17, 15) is 14.7 Å². The molecule has 0 aliphatic carbocycles. The van der Waals surface area contributed by atoms with E-state index in [1.165, 1.54) is 64.2 Å². The van der Waals surface area contributed by atoms with Gasteiger partial charge in [0.15, 0.2) is 6.10 Å². The van der Waals surface area contributed by atoms with E-state index in [4.69, 9.17) is 9.47 Å². The first-order valence-electron chi connectivity index (χ1n) is 26.7. The Morgan fingerprint density at radius 2 is 0.652 bits per heavy atom. The van der Waals surface area contributed by atoms with Crippen LogP contribution in [0.1, 0.15) is 219 Å². The highest BCUT2D eigenvalue weighted by Gasteiger charge is 2.16. The number of carbonyl (C=O) groups excluding carboxylic acids is 2. The highest BCUT2D eigenvalue weighted by molar-refractivity contribution is 5.70. The van der Waals surface area contributed by atoms with Gasteiger partial charge in [-0.05, 0) is 96.3 Å². The van der Waals surface area contributed by atoms with Gasteiger partial charge in [-0.1, -0.05) is 244 Å². The van der Waals surface area contributed by atoms with Gasteiger partial charge in [-0.15, -0.1) is 0 Å². The molecule has 1 N–H and O–H groups in total. The lowest BCUT2D eigenvalue weighted by Crippen LogP contribution is -2.28. The molecule has 0 bridgehead atoms. The highest BCUT2D eigenvalue weighted by Crippen LogP contribution is 2.14. The zero-order valence-corrected chi connectivity index (χ0v) is 42.4. The molecule has 0 aromatic rings. The van der Waals surface area contributed by atoms with E-state index in [1.54, 1.807) is 0 Å². The fourth-order valence-corrected chi connectivity index (χ4v) is 6.97. The number of ether oxygens (including phenoxy) is 2. The third-order valence-corrected chi connectivity index (χ3v) is 11.0. The summed E-state index contributed by atoms with van der Waals surface area (Å²) in [7, 11) is 0. The quantitative estimate of drug-likeness (QED) is 0.0374. The molecule has 0 aliphatic rings. The maximum Gasteiger partial charge on any atom is 0.306 e. The lowest BCUT2D eigenvalue weighted by atomic mass is 10.0. The van der Waals surface area contributed by atoms with E-state index in [2.05, 4.69) is 148 Å². The largest absolute Gasteiger partial charge is 0.462 e. The van der Waals surface area contributed by atoms with Crippen molar-refractivity contribution in [2.24, 2.45) is 0 Å². The van der Waals surface area contributed by atoms with Crippen LogP contribution in [0.3, 0.4) is 0 Å². The third-order valence-electron chi connectivity index (χ3n) is 11.0. The molecule has 0 rings (SSSR count). The van der Waals surface area contributed by atoms with Crippen LogP contribution in [-0.4, -0.2) is 36.4 Å². The summed E-state index contributed by atoms with van der Waals surface area (Å²) in [5, 5.41) is 9.61. The summed E-state index contributed by atoms with van der Waals surface area (Å²) < 4.78 is 10.6. The molecule has 66 heavy (non-hydrogen) atoms. The minimum Gasteiger partial charge on any atom is -0.462 e. The normalized spacial score (nSPS) is 13.3. The Kier molecular flexibility index (Phi) is 52.0. The van der Waals surface area contributed by atoms with Crippen molar-refractivity contribution in [3.63, 3.8) is 0 Å². The molecular weight excluding hydrogens is 813 g/mol. The Bertz CT molecular complexity index is 1400. The fraction of sp³-hybridized carbons (Fsp3) is 0.607. The van der Waals surface area contributed by atoms with Crippen molar-refractivity contribution < 1.29 is 24.2 Å². The summed E-state index contributed by atoms with van der Waals surface area (Å²) in [6.45, 7) is 4.00. The SMILES string of the molecule is CC/C=C\C/C=C\C/C=C\C/C=C\C/C=C\C/C=C\C/C=C\C/C=C\C/C=C\C/C=C\C/C=C\CCCCCCCC(=O)OC(CO)COC(=O)CCCCCCCCCCCCCCC. The standard InChI is InChI=1S/C61H98O5/c1-3-5-7-9-11-13-15-17-18-19-20-21-22-23-24-25-26-27-28-29-30-31-32-33-34-35-36-37-38-39-40-41-42-44-46-48-50-52-54-56-61(64)66-59(57-62)58-65-60(63)55-53-51-49-47-45-43-16-14-12-10-8-6-4-2/h5,7,11,13,17-18,20-21,23-24,26-27,29-30,32-33,35-36,38-39,41-42,59,62H,3-4,6,8-10,12,14-16,19,22,25,28,31,34,37,40,43-58H2,1-2H3/b7-5-,13-11-,18-17-,21-20-,24-23-,27-26-,30-29-,33-32-,36-35-,39-38-,42-41-. The lowest BCUT2D eigenvalue weighted by Gasteiger charge is -2.15. The van der Waals surface area contributed by atoms with Crippen LogP contribution < -0.4 is 0 Å². The predicted octanol–water partition coefficient (Wildman–Crippen LogP) is 18.1. The fourth-order valence-electron chi connectivity index (χ4n) is 6.97. The molecular formula is C61H98O5. The third kappa shape index (κ3) is 52.7. The summed E-state index contributed by atoms with van der Waals surface area (Å²) >= 11 is 0. The summed E-state index contributed by atoms with van der Waals surface area (Å²) in [6, 6.07) is 0. The van der Waals surface area contributed by atoms with Crippen LogP contribution in [0.5, 0.6) is 0 Å². The monoisotopic (exact) mass is 911 g/mol. The van der Waals surface area contributed by atoms with Crippen LogP contribution in [0.15, 0.2) is 134 Å². The Morgan fingerprint density at radius 1 is 0.364 bits per heavy atom. The van der Waals surface area contributed by atoms with Gasteiger partial charge in [0.2, 0.25) is 0 Å². The Morgan fingerprint density at radius 3 is 0.985 bits per heavy atom. The van der Waals surface area contributed by atoms with Crippen molar-refractivity contribution in [1.29, 1.82) is 0 Å². The van der Waals surface area contributed by atoms with E-state index in [1.807, 2.05) is 0 Å². The molecule has 372 valence electrons. The average molecular weight is 911 g/mol. The molecule has 0 amide bonds. The zero-order valence-electron chi connectivity index (χ0n) is 42.4. The molecule has 5 heteroatoms.